The van der Waals surface area contributed by atoms with Gasteiger partial charge in [0.2, 0.25) is 5.91 Å². The van der Waals surface area contributed by atoms with Crippen LogP contribution in [0.5, 0.6) is 0 Å². The summed E-state index contributed by atoms with van der Waals surface area (Å²) in [4.78, 5) is 15.6. The highest BCUT2D eigenvalue weighted by Gasteiger charge is 2.16. The van der Waals surface area contributed by atoms with Gasteiger partial charge in [0, 0.05) is 5.02 Å². The predicted octanol–water partition coefficient (Wildman–Crippen LogP) is 2.27. The number of hydrogen-bond acceptors (Lipinski definition) is 3. The molecule has 0 saturated heterocycles. The first-order valence-electron chi connectivity index (χ1n) is 5.18. The second kappa shape index (κ2) is 5.14. The maximum absolute atomic E-state index is 13.5. The Morgan fingerprint density at radius 3 is 2.94 bits per heavy atom. The number of amides is 1. The molecule has 0 aliphatic carbocycles. The van der Waals surface area contributed by atoms with Gasteiger partial charge in [-0.1, -0.05) is 11.6 Å². The molecule has 2 aromatic rings. The Morgan fingerprint density at radius 1 is 1.56 bits per heavy atom. The molecule has 0 fully saturated rings. The van der Waals surface area contributed by atoms with Crippen LogP contribution in [0.25, 0.3) is 0 Å². The Kier molecular flexibility index (Phi) is 3.57. The lowest BCUT2D eigenvalue weighted by atomic mass is 10.2. The summed E-state index contributed by atoms with van der Waals surface area (Å²) in [6, 6.07) is 3.46. The molecule has 0 bridgehead atoms. The number of hydrogen-bond donors (Lipinski definition) is 1. The standard InChI is InChI=1S/C11H10ClFN4O/c1-7(17-6-14-5-15-17)11(18)16-10-3-2-8(12)4-9(10)13/h2-7H,1H3,(H,16,18). The minimum Gasteiger partial charge on any atom is -0.322 e. The first-order chi connectivity index (χ1) is 8.58. The van der Waals surface area contributed by atoms with Crippen molar-refractivity contribution in [2.45, 2.75) is 13.0 Å². The van der Waals surface area contributed by atoms with Gasteiger partial charge in [0.05, 0.1) is 5.69 Å². The van der Waals surface area contributed by atoms with Crippen molar-refractivity contribution < 1.29 is 9.18 Å². The van der Waals surface area contributed by atoms with Crippen molar-refractivity contribution in [1.82, 2.24) is 14.8 Å². The number of nitrogens with zero attached hydrogens (tertiary/aromatic N) is 3. The van der Waals surface area contributed by atoms with Crippen molar-refractivity contribution in [1.29, 1.82) is 0 Å². The van der Waals surface area contributed by atoms with E-state index in [1.165, 1.54) is 29.5 Å². The van der Waals surface area contributed by atoms with E-state index in [1.54, 1.807) is 6.92 Å². The van der Waals surface area contributed by atoms with Crippen LogP contribution in [0, 0.1) is 5.82 Å². The van der Waals surface area contributed by atoms with Crippen LogP contribution in [0.2, 0.25) is 5.02 Å². The monoisotopic (exact) mass is 268 g/mol. The van der Waals surface area contributed by atoms with Crippen LogP contribution in [0.1, 0.15) is 13.0 Å². The molecule has 0 aliphatic heterocycles. The molecule has 1 atom stereocenters. The second-order valence-electron chi connectivity index (χ2n) is 3.66. The van der Waals surface area contributed by atoms with Gasteiger partial charge in [-0.05, 0) is 25.1 Å². The Labute approximate surface area is 108 Å². The molecule has 18 heavy (non-hydrogen) atoms. The molecule has 1 unspecified atom stereocenters. The van der Waals surface area contributed by atoms with Gasteiger partial charge in [-0.15, -0.1) is 0 Å². The topological polar surface area (TPSA) is 59.8 Å². The highest BCUT2D eigenvalue weighted by atomic mass is 35.5. The molecule has 2 rings (SSSR count). The number of nitrogens with one attached hydrogen (secondary N) is 1. The third kappa shape index (κ3) is 2.65. The zero-order chi connectivity index (χ0) is 13.1. The molecule has 0 saturated carbocycles. The lowest BCUT2D eigenvalue weighted by molar-refractivity contribution is -0.119. The van der Waals surface area contributed by atoms with Crippen LogP contribution in [0.15, 0.2) is 30.9 Å². The van der Waals surface area contributed by atoms with E-state index in [9.17, 15) is 9.18 Å². The lowest BCUT2D eigenvalue weighted by Crippen LogP contribution is -2.24. The molecule has 1 heterocycles. The molecule has 7 heteroatoms. The summed E-state index contributed by atoms with van der Waals surface area (Å²) < 4.78 is 14.9. The smallest absolute Gasteiger partial charge is 0.249 e. The molecular weight excluding hydrogens is 259 g/mol. The van der Waals surface area contributed by atoms with E-state index in [-0.39, 0.29) is 16.6 Å². The molecule has 1 N–H and O–H groups in total. The lowest BCUT2D eigenvalue weighted by Gasteiger charge is -2.12. The largest absolute Gasteiger partial charge is 0.322 e. The van der Waals surface area contributed by atoms with E-state index in [0.717, 1.165) is 6.07 Å². The van der Waals surface area contributed by atoms with E-state index >= 15 is 0 Å². The molecule has 0 spiro atoms. The van der Waals surface area contributed by atoms with Gasteiger partial charge in [0.15, 0.2) is 0 Å². The van der Waals surface area contributed by atoms with Crippen LogP contribution in [0.4, 0.5) is 10.1 Å². The average Bonchev–Trinajstić information content (AvgIpc) is 2.85. The molecule has 0 aliphatic rings. The van der Waals surface area contributed by atoms with E-state index in [0.29, 0.717) is 0 Å². The van der Waals surface area contributed by atoms with Gasteiger partial charge in [0.25, 0.3) is 0 Å². The van der Waals surface area contributed by atoms with Crippen LogP contribution < -0.4 is 5.32 Å². The van der Waals surface area contributed by atoms with Crippen LogP contribution in [0.3, 0.4) is 0 Å². The van der Waals surface area contributed by atoms with E-state index < -0.39 is 11.9 Å². The number of halogens is 2. The van der Waals surface area contributed by atoms with Crippen LogP contribution >= 0.6 is 11.6 Å². The van der Waals surface area contributed by atoms with E-state index in [2.05, 4.69) is 15.4 Å². The van der Waals surface area contributed by atoms with Crippen molar-refractivity contribution >= 4 is 23.2 Å². The fourth-order valence-electron chi connectivity index (χ4n) is 1.37. The van der Waals surface area contributed by atoms with Crippen molar-refractivity contribution in [2.24, 2.45) is 0 Å². The second-order valence-corrected chi connectivity index (χ2v) is 4.10. The highest BCUT2D eigenvalue weighted by molar-refractivity contribution is 6.30. The van der Waals surface area contributed by atoms with E-state index in [1.807, 2.05) is 0 Å². The minimum absolute atomic E-state index is 0.0800. The maximum Gasteiger partial charge on any atom is 0.249 e. The van der Waals surface area contributed by atoms with E-state index in [4.69, 9.17) is 11.6 Å². The maximum atomic E-state index is 13.5. The Balaban J connectivity index is 2.12. The van der Waals surface area contributed by atoms with Gasteiger partial charge < -0.3 is 5.32 Å². The van der Waals surface area contributed by atoms with Crippen LogP contribution in [-0.2, 0) is 4.79 Å². The fraction of sp³-hybridized carbons (Fsp3) is 0.182. The van der Waals surface area contributed by atoms with Crippen molar-refractivity contribution in [2.75, 3.05) is 5.32 Å². The Bertz CT molecular complexity index is 558. The molecule has 1 aromatic heterocycles. The van der Waals surface area contributed by atoms with Gasteiger partial charge in [0.1, 0.15) is 24.5 Å². The minimum atomic E-state index is -0.582. The summed E-state index contributed by atoms with van der Waals surface area (Å²) in [5, 5.41) is 6.58. The fourth-order valence-corrected chi connectivity index (χ4v) is 1.52. The Hall–Kier alpha value is -1.95. The highest BCUT2D eigenvalue weighted by Crippen LogP contribution is 2.19. The number of anilines is 1. The van der Waals surface area contributed by atoms with Gasteiger partial charge in [-0.2, -0.15) is 5.10 Å². The van der Waals surface area contributed by atoms with Crippen molar-refractivity contribution in [3.05, 3.63) is 41.7 Å². The number of carbonyl (C=O) groups excluding carboxylic acids is 1. The summed E-state index contributed by atoms with van der Waals surface area (Å²) in [5.74, 6) is -0.969. The summed E-state index contributed by atoms with van der Waals surface area (Å²) >= 11 is 5.62. The van der Waals surface area contributed by atoms with Crippen molar-refractivity contribution in [3.8, 4) is 0 Å². The quantitative estimate of drug-likeness (QED) is 0.929. The van der Waals surface area contributed by atoms with Crippen LogP contribution in [-0.4, -0.2) is 20.7 Å². The summed E-state index contributed by atoms with van der Waals surface area (Å²) in [6.45, 7) is 1.64. The summed E-state index contributed by atoms with van der Waals surface area (Å²) in [5.41, 5.74) is 0.0800. The zero-order valence-electron chi connectivity index (χ0n) is 9.47. The normalized spacial score (nSPS) is 12.2. The van der Waals surface area contributed by atoms with Crippen molar-refractivity contribution in [3.63, 3.8) is 0 Å². The zero-order valence-corrected chi connectivity index (χ0v) is 10.2. The molecule has 0 radical (unpaired) electrons. The predicted molar refractivity (Wildman–Crippen MR) is 64.8 cm³/mol. The third-order valence-electron chi connectivity index (χ3n) is 2.40. The summed E-state index contributed by atoms with van der Waals surface area (Å²) in [7, 11) is 0. The molecular formula is C11H10ClFN4O. The first kappa shape index (κ1) is 12.5. The third-order valence-corrected chi connectivity index (χ3v) is 2.64. The van der Waals surface area contributed by atoms with Gasteiger partial charge in [-0.3, -0.25) is 4.79 Å². The van der Waals surface area contributed by atoms with Gasteiger partial charge >= 0.3 is 0 Å². The number of rotatable bonds is 3. The molecule has 5 nitrogen and oxygen atoms in total. The molecule has 94 valence electrons. The molecule has 1 amide bonds. The number of aromatic nitrogens is 3. The molecule has 1 aromatic carbocycles. The van der Waals surface area contributed by atoms with Gasteiger partial charge in [-0.25, -0.2) is 14.1 Å². The first-order valence-corrected chi connectivity index (χ1v) is 5.56. The SMILES string of the molecule is CC(C(=O)Nc1ccc(Cl)cc1F)n1cncn1. The average molecular weight is 269 g/mol. The Morgan fingerprint density at radius 2 is 2.33 bits per heavy atom. The number of carbonyl (C=O) groups is 1. The summed E-state index contributed by atoms with van der Waals surface area (Å²) in [6.07, 6.45) is 2.75. The number of benzene rings is 1.